The van der Waals surface area contributed by atoms with Gasteiger partial charge < -0.3 is 21.5 Å². The van der Waals surface area contributed by atoms with Gasteiger partial charge in [0, 0.05) is 23.4 Å². The molecule has 8 heteroatoms. The smallest absolute Gasteiger partial charge is 0.277 e. The molecule has 1 atom stereocenters. The topological polar surface area (TPSA) is 122 Å². The fraction of sp³-hybridized carbons (Fsp3) is 0.389. The van der Waals surface area contributed by atoms with Crippen molar-refractivity contribution >= 4 is 23.1 Å². The molecule has 8 nitrogen and oxygen atoms in total. The van der Waals surface area contributed by atoms with Crippen molar-refractivity contribution in [1.82, 2.24) is 14.9 Å². The summed E-state index contributed by atoms with van der Waals surface area (Å²) in [5, 5.41) is 17.0. The number of hydrogen-bond acceptors (Lipinski definition) is 6. The molecular formula is C18H19N5O3. The Morgan fingerprint density at radius 2 is 2.08 bits per heavy atom. The second-order valence-corrected chi connectivity index (χ2v) is 7.32. The molecule has 2 aromatic heterocycles. The van der Waals surface area contributed by atoms with Crippen molar-refractivity contribution in [3.8, 4) is 0 Å². The van der Waals surface area contributed by atoms with Gasteiger partial charge in [0.1, 0.15) is 29.0 Å². The number of rotatable bonds is 0. The molecule has 1 saturated carbocycles. The van der Waals surface area contributed by atoms with E-state index in [0.29, 0.717) is 39.6 Å². The Kier molecular flexibility index (Phi) is 2.87. The van der Waals surface area contributed by atoms with Crippen molar-refractivity contribution in [2.24, 2.45) is 0 Å². The van der Waals surface area contributed by atoms with Gasteiger partial charge in [0.15, 0.2) is 0 Å². The minimum absolute atomic E-state index is 0.252. The number of anilines is 3. The van der Waals surface area contributed by atoms with E-state index in [0.717, 1.165) is 25.7 Å². The van der Waals surface area contributed by atoms with Gasteiger partial charge in [0.25, 0.3) is 11.5 Å². The number of aliphatic hydroxyl groups is 1. The Labute approximate surface area is 149 Å². The third kappa shape index (κ3) is 1.74. The number of pyridine rings is 2. The van der Waals surface area contributed by atoms with Crippen LogP contribution in [0, 0.1) is 6.92 Å². The van der Waals surface area contributed by atoms with Crippen LogP contribution in [0.5, 0.6) is 0 Å². The number of nitrogens with one attached hydrogen (secondary N) is 2. The van der Waals surface area contributed by atoms with Gasteiger partial charge in [-0.2, -0.15) is 0 Å². The molecule has 4 heterocycles. The van der Waals surface area contributed by atoms with Crippen LogP contribution in [-0.4, -0.2) is 20.6 Å². The summed E-state index contributed by atoms with van der Waals surface area (Å²) in [6.07, 6.45) is 3.85. The number of carbonyl (C=O) groups excluding carboxylic acids is 1. The van der Waals surface area contributed by atoms with E-state index in [2.05, 4.69) is 15.6 Å². The molecule has 0 radical (unpaired) electrons. The molecule has 0 aromatic carbocycles. The number of hydrogen-bond donors (Lipinski definition) is 4. The average Bonchev–Trinajstić information content (AvgIpc) is 3.17. The highest BCUT2D eigenvalue weighted by Crippen LogP contribution is 2.44. The van der Waals surface area contributed by atoms with Crippen molar-refractivity contribution in [3.63, 3.8) is 0 Å². The molecular weight excluding hydrogens is 334 g/mol. The lowest BCUT2D eigenvalue weighted by atomic mass is 9.91. The van der Waals surface area contributed by atoms with Crippen LogP contribution in [0.2, 0.25) is 0 Å². The Morgan fingerprint density at radius 3 is 2.81 bits per heavy atom. The molecule has 5 N–H and O–H groups in total. The number of carbonyl (C=O) groups is 1. The molecule has 0 unspecified atom stereocenters. The Bertz CT molecular complexity index is 1040. The van der Waals surface area contributed by atoms with E-state index >= 15 is 0 Å². The number of nitrogens with zero attached hydrogens (tertiary/aromatic N) is 2. The minimum atomic E-state index is -1.04. The zero-order valence-corrected chi connectivity index (χ0v) is 14.3. The molecule has 1 amide bonds. The summed E-state index contributed by atoms with van der Waals surface area (Å²) >= 11 is 0. The highest BCUT2D eigenvalue weighted by molar-refractivity contribution is 5.98. The minimum Gasteiger partial charge on any atom is -0.384 e. The molecule has 0 saturated heterocycles. The summed E-state index contributed by atoms with van der Waals surface area (Å²) in [4.78, 5) is 30.1. The SMILES string of the molecule is Cc1c2c(c(=O)n3c1C(=O)NC31CCCC1)Nc1cc(N)ncc1[C@H]2O. The molecule has 1 spiro atoms. The van der Waals surface area contributed by atoms with E-state index in [1.807, 2.05) is 0 Å². The lowest BCUT2D eigenvalue weighted by molar-refractivity contribution is 0.0920. The van der Waals surface area contributed by atoms with Gasteiger partial charge in [-0.25, -0.2) is 4.98 Å². The quantitative estimate of drug-likeness (QED) is 0.565. The summed E-state index contributed by atoms with van der Waals surface area (Å²) in [5.41, 5.74) is 7.61. The van der Waals surface area contributed by atoms with E-state index in [1.165, 1.54) is 6.20 Å². The Balaban J connectivity index is 1.81. The fourth-order valence-corrected chi connectivity index (χ4v) is 4.69. The molecule has 1 fully saturated rings. The van der Waals surface area contributed by atoms with E-state index < -0.39 is 11.8 Å². The number of fused-ring (bicyclic) bond motifs is 4. The molecule has 3 aliphatic rings. The summed E-state index contributed by atoms with van der Waals surface area (Å²) in [6.45, 7) is 1.78. The van der Waals surface area contributed by atoms with Crippen LogP contribution in [-0.2, 0) is 5.66 Å². The van der Waals surface area contributed by atoms with E-state index in [1.54, 1.807) is 17.6 Å². The summed E-state index contributed by atoms with van der Waals surface area (Å²) in [7, 11) is 0. The predicted molar refractivity (Wildman–Crippen MR) is 95.3 cm³/mol. The van der Waals surface area contributed by atoms with Crippen molar-refractivity contribution in [2.75, 3.05) is 11.1 Å². The standard InChI is InChI=1S/C18H19N5O3/c1-8-12-13(21-10-6-11(19)20-7-9(10)15(12)24)17(26)23-14(8)16(25)22-18(23)4-2-3-5-18/h6-7,15,21,24H,2-5H2,1H3,(H2,19,20)(H,22,25)/t15-/m1/s1. The third-order valence-corrected chi connectivity index (χ3v) is 5.87. The van der Waals surface area contributed by atoms with Crippen LogP contribution in [0.4, 0.5) is 17.2 Å². The first-order valence-electron chi connectivity index (χ1n) is 8.76. The lowest BCUT2D eigenvalue weighted by Gasteiger charge is -2.31. The van der Waals surface area contributed by atoms with Crippen LogP contribution in [0.15, 0.2) is 17.1 Å². The molecule has 5 rings (SSSR count). The zero-order valence-electron chi connectivity index (χ0n) is 14.3. The van der Waals surface area contributed by atoms with Crippen molar-refractivity contribution in [3.05, 3.63) is 45.0 Å². The zero-order chi connectivity index (χ0) is 18.2. The molecule has 134 valence electrons. The highest BCUT2D eigenvalue weighted by atomic mass is 16.3. The molecule has 2 aromatic rings. The largest absolute Gasteiger partial charge is 0.384 e. The molecule has 1 aliphatic carbocycles. The fourth-order valence-electron chi connectivity index (χ4n) is 4.69. The first-order valence-corrected chi connectivity index (χ1v) is 8.76. The second kappa shape index (κ2) is 4.85. The summed E-state index contributed by atoms with van der Waals surface area (Å²) in [6, 6.07) is 1.60. The van der Waals surface area contributed by atoms with Crippen LogP contribution >= 0.6 is 0 Å². The van der Waals surface area contributed by atoms with Gasteiger partial charge in [0.2, 0.25) is 0 Å². The predicted octanol–water partition coefficient (Wildman–Crippen LogP) is 1.24. The summed E-state index contributed by atoms with van der Waals surface area (Å²) < 4.78 is 1.60. The van der Waals surface area contributed by atoms with Crippen LogP contribution < -0.4 is 21.9 Å². The molecule has 0 bridgehead atoms. The van der Waals surface area contributed by atoms with Gasteiger partial charge in [-0.05, 0) is 38.2 Å². The maximum atomic E-state index is 13.4. The number of nitrogens with two attached hydrogens (primary N) is 1. The number of aliphatic hydroxyl groups excluding tert-OH is 1. The number of aromatic nitrogens is 2. The molecule has 2 aliphatic heterocycles. The number of nitrogen functional groups attached to an aromatic ring is 1. The Morgan fingerprint density at radius 1 is 1.35 bits per heavy atom. The van der Waals surface area contributed by atoms with Gasteiger partial charge in [-0.1, -0.05) is 0 Å². The van der Waals surface area contributed by atoms with Gasteiger partial charge in [-0.3, -0.25) is 14.2 Å². The maximum Gasteiger partial charge on any atom is 0.277 e. The first kappa shape index (κ1) is 15.4. The van der Waals surface area contributed by atoms with E-state index in [4.69, 9.17) is 5.73 Å². The van der Waals surface area contributed by atoms with E-state index in [-0.39, 0.29) is 11.5 Å². The monoisotopic (exact) mass is 353 g/mol. The third-order valence-electron chi connectivity index (χ3n) is 5.87. The van der Waals surface area contributed by atoms with Crippen molar-refractivity contribution < 1.29 is 9.90 Å². The highest BCUT2D eigenvalue weighted by Gasteiger charge is 2.48. The van der Waals surface area contributed by atoms with Gasteiger partial charge in [0.05, 0.1) is 5.69 Å². The maximum absolute atomic E-state index is 13.4. The van der Waals surface area contributed by atoms with Crippen molar-refractivity contribution in [2.45, 2.75) is 44.4 Å². The Hall–Kier alpha value is -2.87. The lowest BCUT2D eigenvalue weighted by Crippen LogP contribution is -2.45. The average molecular weight is 353 g/mol. The van der Waals surface area contributed by atoms with Gasteiger partial charge >= 0.3 is 0 Å². The van der Waals surface area contributed by atoms with E-state index in [9.17, 15) is 14.7 Å². The van der Waals surface area contributed by atoms with Crippen molar-refractivity contribution in [1.29, 1.82) is 0 Å². The summed E-state index contributed by atoms with van der Waals surface area (Å²) in [5.74, 6) is 0.0479. The molecule has 26 heavy (non-hydrogen) atoms. The van der Waals surface area contributed by atoms with Crippen LogP contribution in [0.25, 0.3) is 0 Å². The van der Waals surface area contributed by atoms with Crippen LogP contribution in [0.1, 0.15) is 59.0 Å². The van der Waals surface area contributed by atoms with Crippen LogP contribution in [0.3, 0.4) is 0 Å². The normalized spacial score (nSPS) is 21.8. The first-order chi connectivity index (χ1) is 12.4. The number of amides is 1. The van der Waals surface area contributed by atoms with Gasteiger partial charge in [-0.15, -0.1) is 0 Å². The second-order valence-electron chi connectivity index (χ2n) is 7.32.